The van der Waals surface area contributed by atoms with Crippen molar-refractivity contribution < 1.29 is 9.53 Å². The maximum absolute atomic E-state index is 11.9. The Morgan fingerprint density at radius 1 is 1.63 bits per heavy atom. The van der Waals surface area contributed by atoms with Gasteiger partial charge >= 0.3 is 11.7 Å². The highest BCUT2D eigenvalue weighted by molar-refractivity contribution is 5.85. The van der Waals surface area contributed by atoms with Gasteiger partial charge in [-0.05, 0) is 26.0 Å². The van der Waals surface area contributed by atoms with E-state index in [4.69, 9.17) is 4.74 Å². The average Bonchev–Trinajstić information content (AvgIpc) is 2.79. The van der Waals surface area contributed by atoms with Crippen LogP contribution < -0.4 is 5.69 Å². The number of H-pyrrole nitrogens is 1. The number of nitriles is 1. The third-order valence-electron chi connectivity index (χ3n) is 2.69. The first-order valence-corrected chi connectivity index (χ1v) is 5.56. The summed E-state index contributed by atoms with van der Waals surface area (Å²) in [5, 5.41) is 19.1. The molecule has 0 radical (unpaired) electrons. The van der Waals surface area contributed by atoms with Crippen molar-refractivity contribution >= 4 is 11.6 Å². The highest BCUT2D eigenvalue weighted by Gasteiger charge is 2.39. The fraction of sp³-hybridized carbons (Fsp3) is 0.364. The van der Waals surface area contributed by atoms with E-state index in [1.807, 2.05) is 6.07 Å². The summed E-state index contributed by atoms with van der Waals surface area (Å²) in [6, 6.07) is 4.84. The van der Waals surface area contributed by atoms with E-state index in [1.165, 1.54) is 19.1 Å². The first-order valence-electron chi connectivity index (χ1n) is 5.56. The summed E-state index contributed by atoms with van der Waals surface area (Å²) >= 11 is 0. The van der Waals surface area contributed by atoms with Crippen molar-refractivity contribution in [2.75, 3.05) is 6.61 Å². The fourth-order valence-corrected chi connectivity index (χ4v) is 1.55. The third kappa shape index (κ3) is 1.95. The van der Waals surface area contributed by atoms with Crippen molar-refractivity contribution in [3.05, 3.63) is 28.3 Å². The number of nitrogens with one attached hydrogen (secondary N) is 1. The molecule has 0 aliphatic rings. The van der Waals surface area contributed by atoms with Crippen molar-refractivity contribution in [2.45, 2.75) is 19.3 Å². The number of hydrogen-bond acceptors (Lipinski definition) is 6. The lowest BCUT2D eigenvalue weighted by atomic mass is 9.88. The molecule has 19 heavy (non-hydrogen) atoms. The molecule has 0 saturated carbocycles. The number of esters is 1. The van der Waals surface area contributed by atoms with E-state index in [0.29, 0.717) is 5.65 Å². The van der Waals surface area contributed by atoms with Crippen LogP contribution in [0, 0.1) is 11.3 Å². The monoisotopic (exact) mass is 261 g/mol. The topological polar surface area (TPSA) is 113 Å². The van der Waals surface area contributed by atoms with Crippen molar-refractivity contribution in [1.29, 1.82) is 5.26 Å². The van der Waals surface area contributed by atoms with Crippen molar-refractivity contribution in [2.24, 2.45) is 0 Å². The van der Waals surface area contributed by atoms with Gasteiger partial charge in [0.15, 0.2) is 11.1 Å². The van der Waals surface area contributed by atoms with Crippen LogP contribution in [0.1, 0.15) is 19.5 Å². The van der Waals surface area contributed by atoms with Gasteiger partial charge in [-0.3, -0.25) is 0 Å². The molecule has 1 N–H and O–H groups in total. The summed E-state index contributed by atoms with van der Waals surface area (Å²) in [6.07, 6.45) is 0. The van der Waals surface area contributed by atoms with Gasteiger partial charge in [-0.15, -0.1) is 0 Å². The predicted molar refractivity (Wildman–Crippen MR) is 63.2 cm³/mol. The number of carbonyl (C=O) groups excluding carboxylic acids is 1. The van der Waals surface area contributed by atoms with Gasteiger partial charge in [0.05, 0.1) is 18.4 Å². The van der Waals surface area contributed by atoms with Crippen LogP contribution in [-0.4, -0.2) is 32.4 Å². The molecule has 0 aromatic carbocycles. The van der Waals surface area contributed by atoms with E-state index in [1.54, 1.807) is 6.92 Å². The zero-order chi connectivity index (χ0) is 14.0. The largest absolute Gasteiger partial charge is 0.465 e. The number of rotatable bonds is 3. The molecule has 0 saturated heterocycles. The Morgan fingerprint density at radius 2 is 2.37 bits per heavy atom. The van der Waals surface area contributed by atoms with Gasteiger partial charge in [-0.1, -0.05) is 0 Å². The number of ether oxygens (including phenoxy) is 1. The number of nitrogens with zero attached hydrogens (tertiary/aromatic N) is 4. The van der Waals surface area contributed by atoms with E-state index in [-0.39, 0.29) is 12.3 Å². The minimum absolute atomic E-state index is 0.129. The summed E-state index contributed by atoms with van der Waals surface area (Å²) in [6.45, 7) is 3.20. The minimum atomic E-state index is -1.57. The predicted octanol–water partition coefficient (Wildman–Crippen LogP) is -0.238. The fourth-order valence-electron chi connectivity index (χ4n) is 1.55. The molecule has 2 heterocycles. The van der Waals surface area contributed by atoms with Crippen LogP contribution in [0.2, 0.25) is 0 Å². The Bertz CT molecular complexity index is 726. The molecule has 2 aromatic rings. The van der Waals surface area contributed by atoms with Crippen LogP contribution in [-0.2, 0) is 14.9 Å². The number of fused-ring (bicyclic) bond motifs is 1. The highest BCUT2D eigenvalue weighted by atomic mass is 16.5. The number of aromatic amines is 1. The van der Waals surface area contributed by atoms with Gasteiger partial charge in [-0.25, -0.2) is 14.7 Å². The zero-order valence-corrected chi connectivity index (χ0v) is 10.4. The molecular formula is C11H11N5O3. The average molecular weight is 261 g/mol. The first-order chi connectivity index (χ1) is 9.02. The Hall–Kier alpha value is -2.69. The lowest BCUT2D eigenvalue weighted by Gasteiger charge is -2.18. The second-order valence-electron chi connectivity index (χ2n) is 3.97. The molecule has 2 rings (SSSR count). The quantitative estimate of drug-likeness (QED) is 0.763. The van der Waals surface area contributed by atoms with Crippen LogP contribution in [0.25, 0.3) is 5.65 Å². The standard InChI is InChI=1S/C11H11N5O3/c1-3-19-9(17)11(2,6-12)7-4-5-8-13-14-10(18)16(8)15-7/h4-5H,3H2,1-2H3,(H,14,18). The van der Waals surface area contributed by atoms with Crippen LogP contribution in [0.3, 0.4) is 0 Å². The molecular weight excluding hydrogens is 250 g/mol. The van der Waals surface area contributed by atoms with Crippen LogP contribution in [0.4, 0.5) is 0 Å². The van der Waals surface area contributed by atoms with Gasteiger partial charge in [-0.2, -0.15) is 20.0 Å². The van der Waals surface area contributed by atoms with Crippen molar-refractivity contribution in [3.63, 3.8) is 0 Å². The Morgan fingerprint density at radius 3 is 3.00 bits per heavy atom. The van der Waals surface area contributed by atoms with Crippen LogP contribution >= 0.6 is 0 Å². The van der Waals surface area contributed by atoms with Gasteiger partial charge in [0.1, 0.15) is 0 Å². The van der Waals surface area contributed by atoms with E-state index in [0.717, 1.165) is 4.52 Å². The normalized spacial score (nSPS) is 13.7. The summed E-state index contributed by atoms with van der Waals surface area (Å²) in [5.74, 6) is -0.708. The molecule has 0 aliphatic carbocycles. The molecule has 0 bridgehead atoms. The van der Waals surface area contributed by atoms with Crippen molar-refractivity contribution in [3.8, 4) is 6.07 Å². The van der Waals surface area contributed by atoms with Crippen LogP contribution in [0.5, 0.6) is 0 Å². The van der Waals surface area contributed by atoms with E-state index >= 15 is 0 Å². The van der Waals surface area contributed by atoms with Crippen molar-refractivity contribution in [1.82, 2.24) is 19.8 Å². The molecule has 98 valence electrons. The Balaban J connectivity index is 2.58. The summed E-state index contributed by atoms with van der Waals surface area (Å²) in [7, 11) is 0. The Labute approximate surface area is 107 Å². The molecule has 1 atom stereocenters. The molecule has 8 heteroatoms. The third-order valence-corrected chi connectivity index (χ3v) is 2.69. The molecule has 2 aromatic heterocycles. The summed E-state index contributed by atoms with van der Waals surface area (Å²) in [4.78, 5) is 23.3. The summed E-state index contributed by atoms with van der Waals surface area (Å²) in [5.41, 5.74) is -1.68. The van der Waals surface area contributed by atoms with E-state index < -0.39 is 17.1 Å². The maximum atomic E-state index is 11.9. The van der Waals surface area contributed by atoms with E-state index in [9.17, 15) is 14.9 Å². The summed E-state index contributed by atoms with van der Waals surface area (Å²) < 4.78 is 5.85. The molecule has 0 fully saturated rings. The number of carbonyl (C=O) groups is 1. The number of hydrogen-bond donors (Lipinski definition) is 1. The highest BCUT2D eigenvalue weighted by Crippen LogP contribution is 2.22. The van der Waals surface area contributed by atoms with E-state index in [2.05, 4.69) is 15.3 Å². The molecule has 0 spiro atoms. The van der Waals surface area contributed by atoms with Gasteiger partial charge < -0.3 is 4.74 Å². The molecule has 0 aliphatic heterocycles. The first kappa shape index (κ1) is 12.8. The van der Waals surface area contributed by atoms with Gasteiger partial charge in [0.2, 0.25) is 0 Å². The maximum Gasteiger partial charge on any atom is 0.364 e. The number of aromatic nitrogens is 4. The van der Waals surface area contributed by atoms with Crippen LogP contribution in [0.15, 0.2) is 16.9 Å². The second-order valence-corrected chi connectivity index (χ2v) is 3.97. The molecule has 0 amide bonds. The second kappa shape index (κ2) is 4.53. The lowest BCUT2D eigenvalue weighted by molar-refractivity contribution is -0.147. The minimum Gasteiger partial charge on any atom is -0.465 e. The Kier molecular flexibility index (Phi) is 3.04. The lowest BCUT2D eigenvalue weighted by Crippen LogP contribution is -2.35. The van der Waals surface area contributed by atoms with Gasteiger partial charge in [0, 0.05) is 0 Å². The van der Waals surface area contributed by atoms with Gasteiger partial charge in [0.25, 0.3) is 0 Å². The SMILES string of the molecule is CCOC(=O)C(C)(C#N)c1ccc2n[nH]c(=O)n2n1. The zero-order valence-electron chi connectivity index (χ0n) is 10.4. The molecule has 8 nitrogen and oxygen atoms in total. The molecule has 1 unspecified atom stereocenters. The smallest absolute Gasteiger partial charge is 0.364 e.